The Morgan fingerprint density at radius 1 is 1.00 bits per heavy atom. The molecule has 2 rings (SSSR count). The largest absolute Gasteiger partial charge is 0.489 e. The Morgan fingerprint density at radius 3 is 2.17 bits per heavy atom. The Labute approximate surface area is 145 Å². The first-order valence-corrected chi connectivity index (χ1v) is 9.73. The Bertz CT molecular complexity index is 725. The molecule has 0 saturated heterocycles. The smallest absolute Gasteiger partial charge is 0.237 e. The average molecular weight is 347 g/mol. The van der Waals surface area contributed by atoms with E-state index in [2.05, 4.69) is 0 Å². The summed E-state index contributed by atoms with van der Waals surface area (Å²) in [5.41, 5.74) is 1.77. The summed E-state index contributed by atoms with van der Waals surface area (Å²) in [5.74, 6) is 0.723. The highest BCUT2D eigenvalue weighted by molar-refractivity contribution is 7.93. The molecule has 0 spiro atoms. The van der Waals surface area contributed by atoms with Gasteiger partial charge >= 0.3 is 0 Å². The SMILES string of the molecule is CCCN(c1ccc(OCc2ccccc2)cc1)S(=O)(=O)C(C)C. The highest BCUT2D eigenvalue weighted by Gasteiger charge is 2.25. The van der Waals surface area contributed by atoms with E-state index in [0.717, 1.165) is 17.7 Å². The zero-order chi connectivity index (χ0) is 17.6. The number of hydrogen-bond acceptors (Lipinski definition) is 3. The monoisotopic (exact) mass is 347 g/mol. The lowest BCUT2D eigenvalue weighted by Crippen LogP contribution is -2.37. The lowest BCUT2D eigenvalue weighted by molar-refractivity contribution is 0.306. The van der Waals surface area contributed by atoms with Gasteiger partial charge in [-0.1, -0.05) is 37.3 Å². The maximum atomic E-state index is 12.5. The van der Waals surface area contributed by atoms with Gasteiger partial charge in [0.1, 0.15) is 12.4 Å². The molecule has 0 aliphatic carbocycles. The normalized spacial score (nSPS) is 11.5. The highest BCUT2D eigenvalue weighted by Crippen LogP contribution is 2.24. The van der Waals surface area contributed by atoms with E-state index in [-0.39, 0.29) is 0 Å². The number of sulfonamides is 1. The molecule has 0 aliphatic heterocycles. The fourth-order valence-corrected chi connectivity index (χ4v) is 3.67. The average Bonchev–Trinajstić information content (AvgIpc) is 2.59. The van der Waals surface area contributed by atoms with E-state index < -0.39 is 15.3 Å². The van der Waals surface area contributed by atoms with Gasteiger partial charge in [-0.2, -0.15) is 0 Å². The van der Waals surface area contributed by atoms with Crippen molar-refractivity contribution < 1.29 is 13.2 Å². The molecule has 0 radical (unpaired) electrons. The second-order valence-corrected chi connectivity index (χ2v) is 8.35. The van der Waals surface area contributed by atoms with Crippen LogP contribution in [0.5, 0.6) is 5.75 Å². The van der Waals surface area contributed by atoms with Crippen LogP contribution in [0.4, 0.5) is 5.69 Å². The molecular formula is C19H25NO3S. The molecular weight excluding hydrogens is 322 g/mol. The van der Waals surface area contributed by atoms with Gasteiger partial charge in [-0.25, -0.2) is 8.42 Å². The third-order valence-electron chi connectivity index (χ3n) is 3.70. The first-order chi connectivity index (χ1) is 11.4. The van der Waals surface area contributed by atoms with Crippen LogP contribution in [-0.2, 0) is 16.6 Å². The molecule has 0 N–H and O–H groups in total. The fraction of sp³-hybridized carbons (Fsp3) is 0.368. The summed E-state index contributed by atoms with van der Waals surface area (Å²) in [4.78, 5) is 0. The lowest BCUT2D eigenvalue weighted by Gasteiger charge is -2.26. The Morgan fingerprint density at radius 2 is 1.62 bits per heavy atom. The van der Waals surface area contributed by atoms with Crippen molar-refractivity contribution in [2.45, 2.75) is 39.0 Å². The predicted octanol–water partition coefficient (Wildman–Crippen LogP) is 4.22. The van der Waals surface area contributed by atoms with Crippen molar-refractivity contribution in [3.8, 4) is 5.75 Å². The zero-order valence-electron chi connectivity index (χ0n) is 14.5. The van der Waals surface area contributed by atoms with Crippen molar-refractivity contribution >= 4 is 15.7 Å². The first-order valence-electron chi connectivity index (χ1n) is 8.23. The minimum atomic E-state index is -3.33. The second-order valence-electron chi connectivity index (χ2n) is 5.93. The molecule has 0 amide bonds. The molecule has 0 aliphatic rings. The summed E-state index contributed by atoms with van der Waals surface area (Å²) in [7, 11) is -3.33. The summed E-state index contributed by atoms with van der Waals surface area (Å²) in [6.45, 7) is 6.35. The number of ether oxygens (including phenoxy) is 1. The van der Waals surface area contributed by atoms with Gasteiger partial charge in [-0.3, -0.25) is 4.31 Å². The molecule has 2 aromatic carbocycles. The highest BCUT2D eigenvalue weighted by atomic mass is 32.2. The van der Waals surface area contributed by atoms with Crippen LogP contribution in [0.1, 0.15) is 32.8 Å². The number of anilines is 1. The number of nitrogens with zero attached hydrogens (tertiary/aromatic N) is 1. The minimum Gasteiger partial charge on any atom is -0.489 e. The van der Waals surface area contributed by atoms with E-state index >= 15 is 0 Å². The van der Waals surface area contributed by atoms with Gasteiger partial charge < -0.3 is 4.74 Å². The Hall–Kier alpha value is -2.01. The Balaban J connectivity index is 2.11. The summed E-state index contributed by atoms with van der Waals surface area (Å²) in [6, 6.07) is 17.2. The van der Waals surface area contributed by atoms with E-state index in [1.54, 1.807) is 26.0 Å². The molecule has 0 fully saturated rings. The van der Waals surface area contributed by atoms with Crippen molar-refractivity contribution in [1.29, 1.82) is 0 Å². The molecule has 0 aromatic heterocycles. The molecule has 2 aromatic rings. The third-order valence-corrected chi connectivity index (χ3v) is 5.90. The van der Waals surface area contributed by atoms with Crippen molar-refractivity contribution in [3.05, 3.63) is 60.2 Å². The van der Waals surface area contributed by atoms with Gasteiger partial charge in [-0.15, -0.1) is 0 Å². The zero-order valence-corrected chi connectivity index (χ0v) is 15.3. The topological polar surface area (TPSA) is 46.6 Å². The lowest BCUT2D eigenvalue weighted by atomic mass is 10.2. The van der Waals surface area contributed by atoms with Crippen LogP contribution in [-0.4, -0.2) is 20.2 Å². The van der Waals surface area contributed by atoms with E-state index in [4.69, 9.17) is 4.74 Å². The van der Waals surface area contributed by atoms with Gasteiger partial charge in [0.15, 0.2) is 0 Å². The molecule has 0 atom stereocenters. The number of hydrogen-bond donors (Lipinski definition) is 0. The molecule has 130 valence electrons. The number of rotatable bonds is 8. The molecule has 24 heavy (non-hydrogen) atoms. The molecule has 5 heteroatoms. The molecule has 0 unspecified atom stereocenters. The summed E-state index contributed by atoms with van der Waals surface area (Å²) >= 11 is 0. The van der Waals surface area contributed by atoms with Crippen LogP contribution in [0.25, 0.3) is 0 Å². The maximum absolute atomic E-state index is 12.5. The van der Waals surface area contributed by atoms with Crippen molar-refractivity contribution in [2.75, 3.05) is 10.8 Å². The van der Waals surface area contributed by atoms with Crippen LogP contribution in [0, 0.1) is 0 Å². The molecule has 0 bridgehead atoms. The second kappa shape index (κ2) is 8.20. The van der Waals surface area contributed by atoms with Crippen LogP contribution in [0.15, 0.2) is 54.6 Å². The van der Waals surface area contributed by atoms with Crippen LogP contribution < -0.4 is 9.04 Å². The van der Waals surface area contributed by atoms with Gasteiger partial charge in [0.25, 0.3) is 0 Å². The van der Waals surface area contributed by atoms with Gasteiger partial charge in [0.05, 0.1) is 10.9 Å². The first kappa shape index (κ1) is 18.3. The van der Waals surface area contributed by atoms with Gasteiger partial charge in [0, 0.05) is 6.54 Å². The van der Waals surface area contributed by atoms with Crippen molar-refractivity contribution in [2.24, 2.45) is 0 Å². The van der Waals surface area contributed by atoms with Crippen LogP contribution >= 0.6 is 0 Å². The van der Waals surface area contributed by atoms with Crippen LogP contribution in [0.2, 0.25) is 0 Å². The van der Waals surface area contributed by atoms with Crippen LogP contribution in [0.3, 0.4) is 0 Å². The molecule has 4 nitrogen and oxygen atoms in total. The summed E-state index contributed by atoms with van der Waals surface area (Å²) < 4.78 is 32.3. The molecule has 0 saturated carbocycles. The fourth-order valence-electron chi connectivity index (χ4n) is 2.31. The van der Waals surface area contributed by atoms with Gasteiger partial charge in [-0.05, 0) is 50.1 Å². The van der Waals surface area contributed by atoms with E-state index in [9.17, 15) is 8.42 Å². The Kier molecular flexibility index (Phi) is 6.26. The number of benzene rings is 2. The molecule has 0 heterocycles. The van der Waals surface area contributed by atoms with Gasteiger partial charge in [0.2, 0.25) is 10.0 Å². The predicted molar refractivity (Wildman–Crippen MR) is 98.9 cm³/mol. The van der Waals surface area contributed by atoms with E-state index in [0.29, 0.717) is 18.8 Å². The van der Waals surface area contributed by atoms with E-state index in [1.807, 2.05) is 49.4 Å². The van der Waals surface area contributed by atoms with Crippen molar-refractivity contribution in [1.82, 2.24) is 0 Å². The minimum absolute atomic E-state index is 0.446. The maximum Gasteiger partial charge on any atom is 0.237 e. The summed E-state index contributed by atoms with van der Waals surface area (Å²) in [5, 5.41) is -0.446. The quantitative estimate of drug-likeness (QED) is 0.718. The standard InChI is InChI=1S/C19H25NO3S/c1-4-14-20(24(21,22)16(2)3)18-10-12-19(13-11-18)23-15-17-8-6-5-7-9-17/h5-13,16H,4,14-15H2,1-3H3. The third kappa shape index (κ3) is 4.51. The van der Waals surface area contributed by atoms with Crippen molar-refractivity contribution in [3.63, 3.8) is 0 Å². The summed E-state index contributed by atoms with van der Waals surface area (Å²) in [6.07, 6.45) is 0.762. The van der Waals surface area contributed by atoms with E-state index in [1.165, 1.54) is 4.31 Å².